The van der Waals surface area contributed by atoms with Crippen molar-refractivity contribution < 1.29 is 18.3 Å². The molecule has 8 heteroatoms. The molecule has 0 unspecified atom stereocenters. The first kappa shape index (κ1) is 17.1. The molecule has 0 aliphatic carbocycles. The van der Waals surface area contributed by atoms with E-state index in [1.807, 2.05) is 0 Å². The number of alkyl halides is 3. The Labute approximate surface area is 141 Å². The van der Waals surface area contributed by atoms with Gasteiger partial charge in [-0.25, -0.2) is 9.67 Å². The molecule has 3 aromatic rings. The fourth-order valence-electron chi connectivity index (χ4n) is 2.46. The Morgan fingerprint density at radius 2 is 1.96 bits per heavy atom. The Bertz CT molecular complexity index is 847. The molecule has 0 aliphatic rings. The molecule has 1 aromatic carbocycles. The van der Waals surface area contributed by atoms with E-state index in [9.17, 15) is 18.3 Å². The van der Waals surface area contributed by atoms with Crippen LogP contribution in [0.25, 0.3) is 11.4 Å². The van der Waals surface area contributed by atoms with E-state index >= 15 is 0 Å². The van der Waals surface area contributed by atoms with Crippen LogP contribution in [0.2, 0.25) is 0 Å². The van der Waals surface area contributed by atoms with E-state index in [2.05, 4.69) is 15.1 Å². The van der Waals surface area contributed by atoms with Gasteiger partial charge in [-0.05, 0) is 23.8 Å². The van der Waals surface area contributed by atoms with Crippen molar-refractivity contribution in [3.05, 3.63) is 65.7 Å². The zero-order valence-electron chi connectivity index (χ0n) is 13.1. The summed E-state index contributed by atoms with van der Waals surface area (Å²) in [5.74, 6) is 0.899. The minimum atomic E-state index is -4.39. The van der Waals surface area contributed by atoms with Gasteiger partial charge in [-0.1, -0.05) is 18.2 Å². The highest BCUT2D eigenvalue weighted by Crippen LogP contribution is 2.30. The Morgan fingerprint density at radius 3 is 2.64 bits per heavy atom. The smallest absolute Gasteiger partial charge is 0.394 e. The number of aliphatic hydroxyl groups excluding tert-OH is 1. The fourth-order valence-corrected chi connectivity index (χ4v) is 2.46. The zero-order valence-corrected chi connectivity index (χ0v) is 13.1. The highest BCUT2D eigenvalue weighted by molar-refractivity contribution is 5.53. The molecule has 2 aromatic heterocycles. The summed E-state index contributed by atoms with van der Waals surface area (Å²) < 4.78 is 40.0. The van der Waals surface area contributed by atoms with Crippen LogP contribution in [0.5, 0.6) is 0 Å². The SMILES string of the molecule is OCCn1nc(Cc2cccc(C(F)(F)F)c2)nc1-c1cccnc1. The molecular weight excluding hydrogens is 333 g/mol. The Morgan fingerprint density at radius 1 is 1.12 bits per heavy atom. The molecule has 1 N–H and O–H groups in total. The molecule has 0 atom stereocenters. The second kappa shape index (κ2) is 7.02. The lowest BCUT2D eigenvalue weighted by atomic mass is 10.1. The van der Waals surface area contributed by atoms with Crippen LogP contribution in [-0.2, 0) is 19.1 Å². The normalized spacial score (nSPS) is 11.7. The van der Waals surface area contributed by atoms with Crippen molar-refractivity contribution in [3.8, 4) is 11.4 Å². The van der Waals surface area contributed by atoms with Crippen LogP contribution in [0.4, 0.5) is 13.2 Å². The third kappa shape index (κ3) is 4.03. The third-order valence-corrected chi connectivity index (χ3v) is 3.56. The quantitative estimate of drug-likeness (QED) is 0.770. The van der Waals surface area contributed by atoms with E-state index in [1.165, 1.54) is 10.7 Å². The van der Waals surface area contributed by atoms with Crippen LogP contribution in [0.1, 0.15) is 17.0 Å². The summed E-state index contributed by atoms with van der Waals surface area (Å²) in [4.78, 5) is 8.43. The first-order valence-corrected chi connectivity index (χ1v) is 7.58. The number of pyridine rings is 1. The predicted octanol–water partition coefficient (Wildman–Crippen LogP) is 2.94. The molecule has 25 heavy (non-hydrogen) atoms. The Kier molecular flexibility index (Phi) is 4.80. The maximum absolute atomic E-state index is 12.8. The number of aromatic nitrogens is 4. The summed E-state index contributed by atoms with van der Waals surface area (Å²) in [7, 11) is 0. The van der Waals surface area contributed by atoms with Crippen LogP contribution in [-0.4, -0.2) is 31.5 Å². The van der Waals surface area contributed by atoms with Gasteiger partial charge in [-0.2, -0.15) is 18.3 Å². The predicted molar refractivity (Wildman–Crippen MR) is 84.6 cm³/mol. The average Bonchev–Trinajstić information content (AvgIpc) is 2.98. The van der Waals surface area contributed by atoms with Crippen molar-refractivity contribution in [2.45, 2.75) is 19.1 Å². The minimum absolute atomic E-state index is 0.125. The molecule has 0 amide bonds. The molecule has 0 spiro atoms. The highest BCUT2D eigenvalue weighted by atomic mass is 19.4. The van der Waals surface area contributed by atoms with Crippen LogP contribution in [0, 0.1) is 0 Å². The summed E-state index contributed by atoms with van der Waals surface area (Å²) in [5, 5.41) is 13.5. The van der Waals surface area contributed by atoms with E-state index < -0.39 is 11.7 Å². The zero-order chi connectivity index (χ0) is 17.9. The van der Waals surface area contributed by atoms with Crippen LogP contribution >= 0.6 is 0 Å². The van der Waals surface area contributed by atoms with Crippen molar-refractivity contribution in [1.82, 2.24) is 19.7 Å². The first-order valence-electron chi connectivity index (χ1n) is 7.58. The summed E-state index contributed by atoms with van der Waals surface area (Å²) in [6.45, 7) is 0.111. The van der Waals surface area contributed by atoms with E-state index in [-0.39, 0.29) is 19.6 Å². The van der Waals surface area contributed by atoms with Gasteiger partial charge >= 0.3 is 6.18 Å². The van der Waals surface area contributed by atoms with Crippen molar-refractivity contribution in [3.63, 3.8) is 0 Å². The van der Waals surface area contributed by atoms with E-state index in [4.69, 9.17) is 0 Å². The van der Waals surface area contributed by atoms with Gasteiger partial charge < -0.3 is 5.11 Å². The number of halogens is 3. The second-order valence-corrected chi connectivity index (χ2v) is 5.42. The Hall–Kier alpha value is -2.74. The first-order chi connectivity index (χ1) is 12.0. The van der Waals surface area contributed by atoms with Crippen LogP contribution < -0.4 is 0 Å². The molecule has 2 heterocycles. The number of hydrogen-bond donors (Lipinski definition) is 1. The van der Waals surface area contributed by atoms with Gasteiger partial charge in [0.15, 0.2) is 11.6 Å². The number of aliphatic hydroxyl groups is 1. The van der Waals surface area contributed by atoms with Crippen LogP contribution in [0.15, 0.2) is 48.8 Å². The summed E-state index contributed by atoms with van der Waals surface area (Å²) in [6.07, 6.45) is -0.984. The lowest BCUT2D eigenvalue weighted by Gasteiger charge is -2.07. The number of benzene rings is 1. The average molecular weight is 348 g/mol. The van der Waals surface area contributed by atoms with E-state index in [0.717, 1.165) is 17.7 Å². The van der Waals surface area contributed by atoms with Gasteiger partial charge in [0.1, 0.15) is 0 Å². The lowest BCUT2D eigenvalue weighted by molar-refractivity contribution is -0.137. The number of rotatable bonds is 5. The van der Waals surface area contributed by atoms with Crippen LogP contribution in [0.3, 0.4) is 0 Å². The summed E-state index contributed by atoms with van der Waals surface area (Å²) >= 11 is 0. The van der Waals surface area contributed by atoms with Crippen molar-refractivity contribution in [1.29, 1.82) is 0 Å². The van der Waals surface area contributed by atoms with Crippen molar-refractivity contribution in [2.75, 3.05) is 6.61 Å². The molecule has 0 saturated carbocycles. The Balaban J connectivity index is 1.91. The molecule has 130 valence electrons. The van der Waals surface area contributed by atoms with Gasteiger partial charge in [0.2, 0.25) is 0 Å². The largest absolute Gasteiger partial charge is 0.416 e. The fraction of sp³-hybridized carbons (Fsp3) is 0.235. The topological polar surface area (TPSA) is 63.8 Å². The molecule has 0 saturated heterocycles. The van der Waals surface area contributed by atoms with Gasteiger partial charge in [0, 0.05) is 24.4 Å². The van der Waals surface area contributed by atoms with E-state index in [0.29, 0.717) is 17.2 Å². The van der Waals surface area contributed by atoms with Crippen molar-refractivity contribution in [2.24, 2.45) is 0 Å². The minimum Gasteiger partial charge on any atom is -0.394 e. The lowest BCUT2D eigenvalue weighted by Crippen LogP contribution is -2.07. The molecule has 3 rings (SSSR count). The maximum atomic E-state index is 12.8. The van der Waals surface area contributed by atoms with Gasteiger partial charge in [0.25, 0.3) is 0 Å². The van der Waals surface area contributed by atoms with Gasteiger partial charge in [-0.3, -0.25) is 4.98 Å². The number of hydrogen-bond acceptors (Lipinski definition) is 4. The number of nitrogens with zero attached hydrogens (tertiary/aromatic N) is 4. The highest BCUT2D eigenvalue weighted by Gasteiger charge is 2.30. The third-order valence-electron chi connectivity index (χ3n) is 3.56. The summed E-state index contributed by atoms with van der Waals surface area (Å²) in [6, 6.07) is 8.65. The second-order valence-electron chi connectivity index (χ2n) is 5.42. The monoisotopic (exact) mass is 348 g/mol. The molecule has 0 bridgehead atoms. The van der Waals surface area contributed by atoms with Gasteiger partial charge in [-0.15, -0.1) is 0 Å². The van der Waals surface area contributed by atoms with E-state index in [1.54, 1.807) is 30.6 Å². The maximum Gasteiger partial charge on any atom is 0.416 e. The summed E-state index contributed by atoms with van der Waals surface area (Å²) in [5.41, 5.74) is 0.486. The molecule has 0 fully saturated rings. The molecule has 0 aliphatic heterocycles. The standard InChI is InChI=1S/C17H15F3N4O/c18-17(19,20)14-5-1-3-12(9-14)10-15-22-16(24(23-15)7-8-25)13-4-2-6-21-11-13/h1-6,9,11,25H,7-8,10H2. The van der Waals surface area contributed by atoms with Gasteiger partial charge in [0.05, 0.1) is 18.7 Å². The molecular formula is C17H15F3N4O. The van der Waals surface area contributed by atoms with Crippen molar-refractivity contribution >= 4 is 0 Å². The molecule has 0 radical (unpaired) electrons. The molecule has 5 nitrogen and oxygen atoms in total.